The molecule has 0 spiro atoms. The summed E-state index contributed by atoms with van der Waals surface area (Å²) >= 11 is 1.28. The van der Waals surface area contributed by atoms with E-state index in [1.54, 1.807) is 17.2 Å². The Hall–Kier alpha value is -2.34. The molecule has 0 aliphatic heterocycles. The lowest BCUT2D eigenvalue weighted by Crippen LogP contribution is -2.32. The Morgan fingerprint density at radius 2 is 2.05 bits per heavy atom. The molecule has 3 rings (SSSR count). The van der Waals surface area contributed by atoms with Gasteiger partial charge in [0.05, 0.1) is 5.75 Å². The van der Waals surface area contributed by atoms with Crippen molar-refractivity contribution in [3.05, 3.63) is 48.7 Å². The van der Waals surface area contributed by atoms with Crippen molar-refractivity contribution in [1.82, 2.24) is 9.97 Å². The second-order valence-electron chi connectivity index (χ2n) is 4.57. The zero-order valence-corrected chi connectivity index (χ0v) is 12.9. The number of aromatic nitrogens is 2. The molecule has 0 atom stereocenters. The number of anilines is 1. The first-order valence-corrected chi connectivity index (χ1v) is 7.96. The maximum absolute atomic E-state index is 12.4. The van der Waals surface area contributed by atoms with Crippen molar-refractivity contribution < 1.29 is 9.21 Å². The highest BCUT2D eigenvalue weighted by atomic mass is 32.2. The Labute approximate surface area is 132 Å². The summed E-state index contributed by atoms with van der Waals surface area (Å²) in [4.78, 5) is 22.5. The molecule has 1 aromatic carbocycles. The van der Waals surface area contributed by atoms with Gasteiger partial charge in [0.1, 0.15) is 0 Å². The van der Waals surface area contributed by atoms with Gasteiger partial charge in [0.25, 0.3) is 5.22 Å². The van der Waals surface area contributed by atoms with E-state index >= 15 is 0 Å². The van der Waals surface area contributed by atoms with Crippen LogP contribution in [0.2, 0.25) is 0 Å². The first-order chi connectivity index (χ1) is 10.8. The fourth-order valence-corrected chi connectivity index (χ4v) is 2.83. The maximum Gasteiger partial charge on any atom is 0.258 e. The number of thioether (sulfide) groups is 1. The van der Waals surface area contributed by atoms with Gasteiger partial charge in [0.15, 0.2) is 11.2 Å². The topological polar surface area (TPSA) is 59.2 Å². The molecular weight excluding hydrogens is 298 g/mol. The molecule has 0 unspecified atom stereocenters. The minimum atomic E-state index is 0.0221. The van der Waals surface area contributed by atoms with Crippen LogP contribution in [0.5, 0.6) is 0 Å². The lowest BCUT2D eigenvalue weighted by atomic mass is 10.3. The molecule has 0 radical (unpaired) electrons. The van der Waals surface area contributed by atoms with Crippen LogP contribution in [0.4, 0.5) is 5.69 Å². The van der Waals surface area contributed by atoms with Crippen LogP contribution in [0, 0.1) is 0 Å². The molecule has 0 saturated heterocycles. The zero-order chi connectivity index (χ0) is 15.4. The zero-order valence-electron chi connectivity index (χ0n) is 12.1. The number of carbonyl (C=O) groups excluding carboxylic acids is 1. The Morgan fingerprint density at radius 3 is 2.77 bits per heavy atom. The van der Waals surface area contributed by atoms with E-state index in [1.165, 1.54) is 11.8 Å². The number of nitrogens with zero attached hydrogens (tertiary/aromatic N) is 3. The average Bonchev–Trinajstić information content (AvgIpc) is 2.97. The van der Waals surface area contributed by atoms with Crippen molar-refractivity contribution in [3.8, 4) is 0 Å². The number of oxazole rings is 1. The quantitative estimate of drug-likeness (QED) is 0.676. The van der Waals surface area contributed by atoms with Gasteiger partial charge in [-0.3, -0.25) is 4.79 Å². The Balaban J connectivity index is 1.68. The normalized spacial score (nSPS) is 10.8. The third-order valence-electron chi connectivity index (χ3n) is 3.15. The second kappa shape index (κ2) is 6.62. The molecule has 0 saturated carbocycles. The third kappa shape index (κ3) is 3.12. The van der Waals surface area contributed by atoms with E-state index in [0.717, 1.165) is 5.69 Å². The van der Waals surface area contributed by atoms with E-state index < -0.39 is 0 Å². The summed E-state index contributed by atoms with van der Waals surface area (Å²) in [6, 6.07) is 13.2. The molecule has 2 aromatic heterocycles. The van der Waals surface area contributed by atoms with E-state index in [4.69, 9.17) is 4.42 Å². The van der Waals surface area contributed by atoms with Gasteiger partial charge in [-0.25, -0.2) is 4.98 Å². The Kier molecular flexibility index (Phi) is 4.39. The maximum atomic E-state index is 12.4. The minimum absolute atomic E-state index is 0.0221. The minimum Gasteiger partial charge on any atom is -0.430 e. The van der Waals surface area contributed by atoms with Gasteiger partial charge >= 0.3 is 0 Å². The van der Waals surface area contributed by atoms with E-state index in [0.29, 0.717) is 23.0 Å². The average molecular weight is 313 g/mol. The highest BCUT2D eigenvalue weighted by Crippen LogP contribution is 2.23. The molecule has 0 bridgehead atoms. The van der Waals surface area contributed by atoms with Crippen molar-refractivity contribution in [3.63, 3.8) is 0 Å². The van der Waals surface area contributed by atoms with Crippen LogP contribution in [-0.4, -0.2) is 28.2 Å². The highest BCUT2D eigenvalue weighted by molar-refractivity contribution is 7.99. The molecule has 1 amide bonds. The highest BCUT2D eigenvalue weighted by Gasteiger charge is 2.16. The number of hydrogen-bond donors (Lipinski definition) is 0. The fourth-order valence-electron chi connectivity index (χ4n) is 2.12. The van der Waals surface area contributed by atoms with Crippen LogP contribution >= 0.6 is 11.8 Å². The number of amides is 1. The summed E-state index contributed by atoms with van der Waals surface area (Å²) in [5, 5.41) is 0.464. The van der Waals surface area contributed by atoms with Gasteiger partial charge in [-0.2, -0.15) is 4.98 Å². The first-order valence-electron chi connectivity index (χ1n) is 6.97. The molecule has 0 fully saturated rings. The van der Waals surface area contributed by atoms with Crippen molar-refractivity contribution in [2.75, 3.05) is 17.2 Å². The summed E-state index contributed by atoms with van der Waals surface area (Å²) in [5.74, 6) is 0.296. The molecule has 0 N–H and O–H groups in total. The van der Waals surface area contributed by atoms with Crippen molar-refractivity contribution in [2.24, 2.45) is 0 Å². The second-order valence-corrected chi connectivity index (χ2v) is 5.49. The molecule has 2 heterocycles. The number of benzene rings is 1. The summed E-state index contributed by atoms with van der Waals surface area (Å²) < 4.78 is 5.56. The van der Waals surface area contributed by atoms with E-state index in [-0.39, 0.29) is 11.7 Å². The van der Waals surface area contributed by atoms with Crippen LogP contribution in [0.15, 0.2) is 58.3 Å². The number of para-hydroxylation sites is 1. The first kappa shape index (κ1) is 14.6. The molecule has 0 aliphatic carbocycles. The van der Waals surface area contributed by atoms with Crippen LogP contribution in [0.25, 0.3) is 11.2 Å². The molecule has 5 nitrogen and oxygen atoms in total. The van der Waals surface area contributed by atoms with Crippen LogP contribution in [-0.2, 0) is 4.79 Å². The van der Waals surface area contributed by atoms with Gasteiger partial charge < -0.3 is 9.32 Å². The summed E-state index contributed by atoms with van der Waals surface area (Å²) in [7, 11) is 0. The van der Waals surface area contributed by atoms with Crippen LogP contribution in [0.3, 0.4) is 0 Å². The lowest BCUT2D eigenvalue weighted by molar-refractivity contribution is -0.116. The number of pyridine rings is 1. The summed E-state index contributed by atoms with van der Waals surface area (Å²) in [6.07, 6.45) is 1.67. The molecule has 112 valence electrons. The van der Waals surface area contributed by atoms with E-state index in [1.807, 2.05) is 43.3 Å². The number of carbonyl (C=O) groups is 1. The molecule has 22 heavy (non-hydrogen) atoms. The summed E-state index contributed by atoms with van der Waals surface area (Å²) in [6.45, 7) is 2.58. The van der Waals surface area contributed by atoms with Crippen molar-refractivity contribution >= 4 is 34.6 Å². The molecule has 0 aliphatic rings. The van der Waals surface area contributed by atoms with E-state index in [2.05, 4.69) is 9.97 Å². The standard InChI is InChI=1S/C16H15N3O2S/c1-2-19(12-7-4-3-5-8-12)14(20)11-22-16-18-15-13(21-16)9-6-10-17-15/h3-10H,2,11H2,1H3. The van der Waals surface area contributed by atoms with Gasteiger partial charge in [0, 0.05) is 18.4 Å². The van der Waals surface area contributed by atoms with Gasteiger partial charge in [-0.1, -0.05) is 30.0 Å². The van der Waals surface area contributed by atoms with Crippen molar-refractivity contribution in [1.29, 1.82) is 0 Å². The lowest BCUT2D eigenvalue weighted by Gasteiger charge is -2.20. The monoisotopic (exact) mass is 313 g/mol. The van der Waals surface area contributed by atoms with Gasteiger partial charge in [-0.05, 0) is 31.2 Å². The van der Waals surface area contributed by atoms with E-state index in [9.17, 15) is 4.79 Å². The Morgan fingerprint density at radius 1 is 1.23 bits per heavy atom. The largest absolute Gasteiger partial charge is 0.430 e. The molecule has 6 heteroatoms. The summed E-state index contributed by atoms with van der Waals surface area (Å²) in [5.41, 5.74) is 2.09. The molecule has 3 aromatic rings. The van der Waals surface area contributed by atoms with Crippen LogP contribution < -0.4 is 4.90 Å². The third-order valence-corrected chi connectivity index (χ3v) is 3.96. The predicted octanol–water partition coefficient (Wildman–Crippen LogP) is 3.37. The van der Waals surface area contributed by atoms with Gasteiger partial charge in [-0.15, -0.1) is 0 Å². The van der Waals surface area contributed by atoms with Crippen LogP contribution in [0.1, 0.15) is 6.92 Å². The number of hydrogen-bond acceptors (Lipinski definition) is 5. The fraction of sp³-hybridized carbons (Fsp3) is 0.188. The molecular formula is C16H15N3O2S. The van der Waals surface area contributed by atoms with Crippen molar-refractivity contribution in [2.45, 2.75) is 12.1 Å². The SMILES string of the molecule is CCN(C(=O)CSc1nc2ncccc2o1)c1ccccc1. The Bertz CT molecular complexity index is 740. The predicted molar refractivity (Wildman–Crippen MR) is 87.0 cm³/mol. The van der Waals surface area contributed by atoms with Gasteiger partial charge in [0.2, 0.25) is 5.91 Å². The number of fused-ring (bicyclic) bond motifs is 1. The smallest absolute Gasteiger partial charge is 0.258 e. The number of rotatable bonds is 5.